The summed E-state index contributed by atoms with van der Waals surface area (Å²) in [6.45, 7) is 5.13. The Labute approximate surface area is 146 Å². The summed E-state index contributed by atoms with van der Waals surface area (Å²) in [5, 5.41) is 0.429. The van der Waals surface area contributed by atoms with Gasteiger partial charge in [-0.1, -0.05) is 26.7 Å². The zero-order valence-electron chi connectivity index (χ0n) is 14.8. The van der Waals surface area contributed by atoms with Crippen LogP contribution < -0.4 is 0 Å². The van der Waals surface area contributed by atoms with Gasteiger partial charge in [-0.05, 0) is 85.9 Å². The molecule has 1 saturated heterocycles. The minimum absolute atomic E-state index is 0.429. The molecule has 1 nitrogen and oxygen atoms in total. The van der Waals surface area contributed by atoms with Crippen LogP contribution in [0, 0.1) is 40.9 Å². The maximum Gasteiger partial charge on any atom is 0.0646 e. The van der Waals surface area contributed by atoms with Gasteiger partial charge in [0.15, 0.2) is 0 Å². The molecule has 1 heterocycles. The van der Waals surface area contributed by atoms with Crippen LogP contribution in [0.1, 0.15) is 71.6 Å². The van der Waals surface area contributed by atoms with Gasteiger partial charge in [-0.15, -0.1) is 11.6 Å². The summed E-state index contributed by atoms with van der Waals surface area (Å²) in [4.78, 5) is 0. The van der Waals surface area contributed by atoms with Crippen molar-refractivity contribution >= 4 is 11.6 Å². The van der Waals surface area contributed by atoms with E-state index < -0.39 is 0 Å². The van der Waals surface area contributed by atoms with Gasteiger partial charge < -0.3 is 4.74 Å². The zero-order chi connectivity index (χ0) is 15.8. The lowest BCUT2D eigenvalue weighted by atomic mass is 9.62. The lowest BCUT2D eigenvalue weighted by Crippen LogP contribution is -2.43. The molecule has 0 amide bonds. The van der Waals surface area contributed by atoms with Gasteiger partial charge in [-0.2, -0.15) is 0 Å². The molecule has 0 spiro atoms. The monoisotopic (exact) mass is 336 g/mol. The molecule has 0 aromatic heterocycles. The summed E-state index contributed by atoms with van der Waals surface area (Å²) in [6.07, 6.45) is 13.7. The lowest BCUT2D eigenvalue weighted by Gasteiger charge is -2.43. The minimum atomic E-state index is 0.429. The summed E-state index contributed by atoms with van der Waals surface area (Å²) in [7, 11) is 0. The second-order valence-corrected chi connectivity index (χ2v) is 10.6. The van der Waals surface area contributed by atoms with Crippen molar-refractivity contribution in [1.82, 2.24) is 0 Å². The third-order valence-corrected chi connectivity index (χ3v) is 9.31. The first kappa shape index (κ1) is 15.5. The Morgan fingerprint density at radius 1 is 0.826 bits per heavy atom. The van der Waals surface area contributed by atoms with Crippen molar-refractivity contribution in [2.75, 3.05) is 0 Å². The molecule has 0 N–H and O–H groups in total. The van der Waals surface area contributed by atoms with Gasteiger partial charge in [-0.25, -0.2) is 0 Å². The van der Waals surface area contributed by atoms with Crippen LogP contribution in [0.25, 0.3) is 0 Å². The molecule has 5 rings (SSSR count). The first-order valence-corrected chi connectivity index (χ1v) is 10.8. The Hall–Kier alpha value is 0.250. The Morgan fingerprint density at radius 2 is 1.57 bits per heavy atom. The minimum Gasteiger partial charge on any atom is -0.374 e. The van der Waals surface area contributed by atoms with Gasteiger partial charge in [0.1, 0.15) is 0 Å². The molecule has 2 heteroatoms. The van der Waals surface area contributed by atoms with Gasteiger partial charge in [0.25, 0.3) is 0 Å². The number of hydrogen-bond acceptors (Lipinski definition) is 1. The average Bonchev–Trinajstić information content (AvgIpc) is 3.01. The molecule has 130 valence electrons. The highest BCUT2D eigenvalue weighted by molar-refractivity contribution is 6.20. The number of halogens is 1. The summed E-state index contributed by atoms with van der Waals surface area (Å²) in [6, 6.07) is 0. The van der Waals surface area contributed by atoms with E-state index >= 15 is 0 Å². The van der Waals surface area contributed by atoms with Crippen molar-refractivity contribution in [3.63, 3.8) is 0 Å². The van der Waals surface area contributed by atoms with Crippen LogP contribution in [0.2, 0.25) is 0 Å². The molecule has 23 heavy (non-hydrogen) atoms. The number of fused-ring (bicyclic) bond motifs is 7. The first-order valence-electron chi connectivity index (χ1n) is 10.4. The molecule has 4 saturated carbocycles. The highest BCUT2D eigenvalue weighted by atomic mass is 35.5. The molecule has 0 aromatic carbocycles. The van der Waals surface area contributed by atoms with E-state index in [4.69, 9.17) is 16.3 Å². The molecule has 5 fully saturated rings. The van der Waals surface area contributed by atoms with E-state index in [1.165, 1.54) is 57.8 Å². The molecule has 9 unspecified atom stereocenters. The largest absolute Gasteiger partial charge is 0.374 e. The molecular weight excluding hydrogens is 304 g/mol. The van der Waals surface area contributed by atoms with Crippen LogP contribution in [0.15, 0.2) is 0 Å². The third-order valence-electron chi connectivity index (χ3n) is 8.91. The van der Waals surface area contributed by atoms with Gasteiger partial charge in [0, 0.05) is 5.38 Å². The van der Waals surface area contributed by atoms with E-state index in [0.29, 0.717) is 23.0 Å². The maximum atomic E-state index is 6.82. The smallest absolute Gasteiger partial charge is 0.0646 e. The van der Waals surface area contributed by atoms with Crippen molar-refractivity contribution in [2.24, 2.45) is 40.9 Å². The maximum absolute atomic E-state index is 6.82. The van der Waals surface area contributed by atoms with Crippen molar-refractivity contribution in [3.8, 4) is 0 Å². The van der Waals surface area contributed by atoms with E-state index in [1.54, 1.807) is 0 Å². The van der Waals surface area contributed by atoms with Gasteiger partial charge in [-0.3, -0.25) is 0 Å². The van der Waals surface area contributed by atoms with Crippen molar-refractivity contribution in [2.45, 2.75) is 89.2 Å². The van der Waals surface area contributed by atoms with Crippen LogP contribution in [0.4, 0.5) is 0 Å². The predicted molar refractivity (Wildman–Crippen MR) is 94.6 cm³/mol. The predicted octanol–water partition coefficient (Wildman–Crippen LogP) is 5.65. The molecule has 0 aromatic rings. The molecular formula is C21H33ClO. The number of alkyl halides is 1. The van der Waals surface area contributed by atoms with Crippen LogP contribution in [0.5, 0.6) is 0 Å². The van der Waals surface area contributed by atoms with Crippen molar-refractivity contribution in [1.29, 1.82) is 0 Å². The van der Waals surface area contributed by atoms with Crippen LogP contribution >= 0.6 is 11.6 Å². The summed E-state index contributed by atoms with van der Waals surface area (Å²) in [5.74, 6) is 5.31. The van der Waals surface area contributed by atoms with Crippen LogP contribution in [0.3, 0.4) is 0 Å². The molecule has 0 radical (unpaired) electrons. The molecule has 4 aliphatic carbocycles. The second kappa shape index (κ2) is 5.37. The van der Waals surface area contributed by atoms with E-state index in [9.17, 15) is 0 Å². The molecule has 0 bridgehead atoms. The number of hydrogen-bond donors (Lipinski definition) is 0. The zero-order valence-corrected chi connectivity index (χ0v) is 15.6. The van der Waals surface area contributed by atoms with Crippen LogP contribution in [-0.4, -0.2) is 17.6 Å². The van der Waals surface area contributed by atoms with E-state index in [-0.39, 0.29) is 0 Å². The van der Waals surface area contributed by atoms with Crippen molar-refractivity contribution < 1.29 is 4.74 Å². The van der Waals surface area contributed by atoms with Gasteiger partial charge >= 0.3 is 0 Å². The summed E-state index contributed by atoms with van der Waals surface area (Å²) >= 11 is 6.59. The fourth-order valence-corrected chi connectivity index (χ4v) is 8.40. The van der Waals surface area contributed by atoms with E-state index in [0.717, 1.165) is 35.5 Å². The summed E-state index contributed by atoms with van der Waals surface area (Å²) in [5.41, 5.74) is 0.430. The van der Waals surface area contributed by atoms with E-state index in [1.807, 2.05) is 0 Å². The highest BCUT2D eigenvalue weighted by Gasteiger charge is 2.63. The number of rotatable bonds is 0. The Balaban J connectivity index is 1.47. The molecule has 9 atom stereocenters. The van der Waals surface area contributed by atoms with Gasteiger partial charge in [0.2, 0.25) is 0 Å². The van der Waals surface area contributed by atoms with Gasteiger partial charge in [0.05, 0.1) is 12.2 Å². The summed E-state index contributed by atoms with van der Waals surface area (Å²) < 4.78 is 6.82. The fraction of sp³-hybridized carbons (Fsp3) is 1.00. The van der Waals surface area contributed by atoms with Crippen LogP contribution in [-0.2, 0) is 4.74 Å². The fourth-order valence-electron chi connectivity index (χ4n) is 8.08. The average molecular weight is 337 g/mol. The normalized spacial score (nSPS) is 57.3. The lowest BCUT2D eigenvalue weighted by molar-refractivity contribution is -0.0690. The highest BCUT2D eigenvalue weighted by Crippen LogP contribution is 2.66. The standard InChI is InChI=1S/C21H33ClO/c1-21(2)17-11-12(22)7-8-13(17)15-9-10-16-14-5-3-4-6-18(14)23-20(16)19(15)21/h12-20H,3-11H2,1-2H3. The third kappa shape index (κ3) is 2.14. The quantitative estimate of drug-likeness (QED) is 0.519. The Kier molecular flexibility index (Phi) is 3.62. The first-order chi connectivity index (χ1) is 11.1. The van der Waals surface area contributed by atoms with E-state index in [2.05, 4.69) is 13.8 Å². The Morgan fingerprint density at radius 3 is 2.43 bits per heavy atom. The SMILES string of the molecule is CC1(C)C2CC(Cl)CCC2C2CCC3C4CCCCC4OC3C21. The molecule has 5 aliphatic rings. The second-order valence-electron chi connectivity index (χ2n) is 10.0. The topological polar surface area (TPSA) is 9.23 Å². The van der Waals surface area contributed by atoms with Crippen molar-refractivity contribution in [3.05, 3.63) is 0 Å². The molecule has 1 aliphatic heterocycles. The number of ether oxygens (including phenoxy) is 1. The Bertz CT molecular complexity index is 474.